The monoisotopic (exact) mass is 292 g/mol. The molecular weight excluding hydrogens is 270 g/mol. The van der Waals surface area contributed by atoms with Gasteiger partial charge in [-0.05, 0) is 52.7 Å². The molecule has 2 aliphatic rings. The molecule has 0 amide bonds. The molecule has 6 heteroatoms. The number of halogens is 1. The van der Waals surface area contributed by atoms with Crippen LogP contribution in [-0.2, 0) is 9.31 Å². The molecule has 0 radical (unpaired) electrons. The Morgan fingerprint density at radius 3 is 2.24 bits per heavy atom. The minimum absolute atomic E-state index is 0.280. The van der Waals surface area contributed by atoms with E-state index in [9.17, 15) is 4.39 Å². The summed E-state index contributed by atoms with van der Waals surface area (Å²) in [5.41, 5.74) is -0.194. The fourth-order valence-electron chi connectivity index (χ4n) is 2.69. The van der Waals surface area contributed by atoms with Gasteiger partial charge in [-0.1, -0.05) is 0 Å². The molecule has 0 atom stereocenters. The largest absolute Gasteiger partial charge is 0.514 e. The normalized spacial score (nSPS) is 23.9. The molecule has 2 aliphatic heterocycles. The van der Waals surface area contributed by atoms with E-state index in [1.165, 1.54) is 6.07 Å². The highest BCUT2D eigenvalue weighted by Gasteiger charge is 2.52. The molecule has 21 heavy (non-hydrogen) atoms. The second-order valence-electron chi connectivity index (χ2n) is 6.82. The summed E-state index contributed by atoms with van der Waals surface area (Å²) >= 11 is 0. The Morgan fingerprint density at radius 2 is 1.67 bits per heavy atom. The van der Waals surface area contributed by atoms with Crippen LogP contribution < -0.4 is 10.5 Å². The summed E-state index contributed by atoms with van der Waals surface area (Å²) in [6, 6.07) is 3.11. The Hall–Kier alpha value is -1.14. The van der Waals surface area contributed by atoms with Gasteiger partial charge in [0.25, 0.3) is 0 Å². The van der Waals surface area contributed by atoms with E-state index in [4.69, 9.17) is 9.31 Å². The molecule has 1 aromatic heterocycles. The summed E-state index contributed by atoms with van der Waals surface area (Å²) in [7, 11) is -0.544. The summed E-state index contributed by atoms with van der Waals surface area (Å²) in [6.45, 7) is 9.71. The highest BCUT2D eigenvalue weighted by molar-refractivity contribution is 6.61. The number of nitrogens with zero attached hydrogens (tertiary/aromatic N) is 2. The molecule has 1 aromatic rings. The average Bonchev–Trinajstić information content (AvgIpc) is 2.97. The molecule has 3 heterocycles. The van der Waals surface area contributed by atoms with Crippen molar-refractivity contribution in [3.63, 3.8) is 0 Å². The van der Waals surface area contributed by atoms with E-state index >= 15 is 0 Å². The van der Waals surface area contributed by atoms with E-state index < -0.39 is 18.3 Å². The molecule has 0 unspecified atom stereocenters. The lowest BCUT2D eigenvalue weighted by Gasteiger charge is -2.32. The maximum Gasteiger partial charge on any atom is 0.514 e. The molecule has 3 rings (SSSR count). The summed E-state index contributed by atoms with van der Waals surface area (Å²) in [5, 5.41) is 0. The molecule has 0 saturated carbocycles. The van der Waals surface area contributed by atoms with Crippen molar-refractivity contribution in [1.82, 2.24) is 4.98 Å². The first-order chi connectivity index (χ1) is 9.80. The quantitative estimate of drug-likeness (QED) is 0.782. The van der Waals surface area contributed by atoms with Crippen molar-refractivity contribution in [2.75, 3.05) is 18.0 Å². The van der Waals surface area contributed by atoms with Gasteiger partial charge in [-0.25, -0.2) is 9.37 Å². The molecule has 114 valence electrons. The van der Waals surface area contributed by atoms with Gasteiger partial charge < -0.3 is 14.2 Å². The first-order valence-electron chi connectivity index (χ1n) is 7.57. The van der Waals surface area contributed by atoms with E-state index in [-0.39, 0.29) is 5.82 Å². The highest BCUT2D eigenvalue weighted by atomic mass is 19.1. The zero-order valence-electron chi connectivity index (χ0n) is 13.1. The van der Waals surface area contributed by atoms with Gasteiger partial charge in [0.15, 0.2) is 11.6 Å². The fraction of sp³-hybridized carbons (Fsp3) is 0.667. The second kappa shape index (κ2) is 4.95. The van der Waals surface area contributed by atoms with Gasteiger partial charge in [-0.15, -0.1) is 0 Å². The van der Waals surface area contributed by atoms with Crippen LogP contribution >= 0.6 is 0 Å². The molecule has 0 aliphatic carbocycles. The third-order valence-electron chi connectivity index (χ3n) is 4.75. The minimum atomic E-state index is -0.544. The third-order valence-corrected chi connectivity index (χ3v) is 4.75. The summed E-state index contributed by atoms with van der Waals surface area (Å²) in [6.07, 6.45) is 2.17. The van der Waals surface area contributed by atoms with E-state index in [1.54, 1.807) is 6.07 Å². The first-order valence-corrected chi connectivity index (χ1v) is 7.57. The van der Waals surface area contributed by atoms with Crippen LogP contribution in [0, 0.1) is 5.82 Å². The number of hydrogen-bond donors (Lipinski definition) is 0. The molecule has 0 N–H and O–H groups in total. The van der Waals surface area contributed by atoms with Gasteiger partial charge in [0.1, 0.15) is 0 Å². The van der Waals surface area contributed by atoms with Crippen molar-refractivity contribution in [2.45, 2.75) is 51.7 Å². The topological polar surface area (TPSA) is 34.6 Å². The van der Waals surface area contributed by atoms with Gasteiger partial charge in [-0.3, -0.25) is 0 Å². The Balaban J connectivity index is 1.88. The second-order valence-corrected chi connectivity index (χ2v) is 6.82. The Morgan fingerprint density at radius 1 is 1.10 bits per heavy atom. The maximum absolute atomic E-state index is 14.0. The summed E-state index contributed by atoms with van der Waals surface area (Å²) in [4.78, 5) is 6.46. The number of anilines is 1. The van der Waals surface area contributed by atoms with Crippen LogP contribution in [0.3, 0.4) is 0 Å². The number of rotatable bonds is 2. The van der Waals surface area contributed by atoms with Gasteiger partial charge in [0.05, 0.1) is 16.8 Å². The van der Waals surface area contributed by atoms with Crippen LogP contribution in [0.5, 0.6) is 0 Å². The SMILES string of the molecule is CC1(C)OB(c2ccc(F)c(N3CCCC3)n2)OC1(C)C. The lowest BCUT2D eigenvalue weighted by molar-refractivity contribution is 0.00578. The zero-order valence-corrected chi connectivity index (χ0v) is 13.1. The zero-order chi connectivity index (χ0) is 15.3. The summed E-state index contributed by atoms with van der Waals surface area (Å²) in [5.74, 6) is 0.136. The minimum Gasteiger partial charge on any atom is -0.398 e. The van der Waals surface area contributed by atoms with Gasteiger partial charge >= 0.3 is 7.12 Å². The first kappa shape index (κ1) is 14.8. The van der Waals surface area contributed by atoms with Crippen LogP contribution in [0.25, 0.3) is 0 Å². The Kier molecular flexibility index (Phi) is 3.49. The Bertz CT molecular complexity index is 528. The summed E-state index contributed by atoms with van der Waals surface area (Å²) < 4.78 is 26.0. The van der Waals surface area contributed by atoms with Crippen LogP contribution in [-0.4, -0.2) is 36.4 Å². The smallest absolute Gasteiger partial charge is 0.398 e. The third kappa shape index (κ3) is 2.55. The van der Waals surface area contributed by atoms with Crippen molar-refractivity contribution in [1.29, 1.82) is 0 Å². The highest BCUT2D eigenvalue weighted by Crippen LogP contribution is 2.36. The fourth-order valence-corrected chi connectivity index (χ4v) is 2.69. The standard InChI is InChI=1S/C15H22BFN2O2/c1-14(2)15(3,4)21-16(20-14)12-8-7-11(17)13(18-12)19-9-5-6-10-19/h7-8H,5-6,9-10H2,1-4H3. The van der Waals surface area contributed by atoms with Crippen LogP contribution in [0.15, 0.2) is 12.1 Å². The lowest BCUT2D eigenvalue weighted by Crippen LogP contribution is -2.41. The van der Waals surface area contributed by atoms with Crippen molar-refractivity contribution < 1.29 is 13.7 Å². The molecule has 2 saturated heterocycles. The lowest BCUT2D eigenvalue weighted by atomic mass is 9.84. The van der Waals surface area contributed by atoms with Crippen molar-refractivity contribution >= 4 is 18.5 Å². The number of aromatic nitrogens is 1. The predicted octanol–water partition coefficient (Wildman–Crippen LogP) is 2.12. The van der Waals surface area contributed by atoms with Gasteiger partial charge in [-0.2, -0.15) is 0 Å². The molecular formula is C15H22BFN2O2. The van der Waals surface area contributed by atoms with E-state index in [0.29, 0.717) is 11.4 Å². The van der Waals surface area contributed by atoms with Crippen LogP contribution in [0.4, 0.5) is 10.2 Å². The van der Waals surface area contributed by atoms with Crippen LogP contribution in [0.1, 0.15) is 40.5 Å². The van der Waals surface area contributed by atoms with E-state index in [0.717, 1.165) is 25.9 Å². The number of pyridine rings is 1. The average molecular weight is 292 g/mol. The Labute approximate surface area is 125 Å². The van der Waals surface area contributed by atoms with E-state index in [1.807, 2.05) is 32.6 Å². The number of hydrogen-bond acceptors (Lipinski definition) is 4. The van der Waals surface area contributed by atoms with E-state index in [2.05, 4.69) is 4.98 Å². The molecule has 4 nitrogen and oxygen atoms in total. The van der Waals surface area contributed by atoms with Crippen molar-refractivity contribution in [2.24, 2.45) is 0 Å². The molecule has 2 fully saturated rings. The van der Waals surface area contributed by atoms with Gasteiger partial charge in [0.2, 0.25) is 0 Å². The van der Waals surface area contributed by atoms with Crippen molar-refractivity contribution in [3.05, 3.63) is 17.9 Å². The maximum atomic E-state index is 14.0. The molecule has 0 bridgehead atoms. The van der Waals surface area contributed by atoms with Crippen molar-refractivity contribution in [3.8, 4) is 0 Å². The van der Waals surface area contributed by atoms with Crippen LogP contribution in [0.2, 0.25) is 0 Å². The molecule has 0 spiro atoms. The van der Waals surface area contributed by atoms with Gasteiger partial charge in [0, 0.05) is 13.1 Å². The molecule has 0 aromatic carbocycles. The predicted molar refractivity (Wildman–Crippen MR) is 81.4 cm³/mol.